The molecular formula is C43H77NO13. The highest BCUT2D eigenvalue weighted by Crippen LogP contribution is 2.12. The minimum atomic E-state index is -0.363. The Hall–Kier alpha value is -2.40. The average Bonchev–Trinajstić information content (AvgIpc) is 3.22. The number of hydrogen-bond donors (Lipinski definition) is 1. The van der Waals surface area contributed by atoms with Crippen molar-refractivity contribution in [2.24, 2.45) is 0 Å². The van der Waals surface area contributed by atoms with E-state index in [2.05, 4.69) is 19.2 Å². The third-order valence-electron chi connectivity index (χ3n) is 8.39. The van der Waals surface area contributed by atoms with E-state index in [0.29, 0.717) is 131 Å². The molecule has 1 N–H and O–H groups in total. The van der Waals surface area contributed by atoms with Gasteiger partial charge >= 0.3 is 11.9 Å². The van der Waals surface area contributed by atoms with E-state index < -0.39 is 0 Å². The predicted molar refractivity (Wildman–Crippen MR) is 220 cm³/mol. The Morgan fingerprint density at radius 1 is 0.404 bits per heavy atom. The highest BCUT2D eigenvalue weighted by molar-refractivity contribution is 5.89. The monoisotopic (exact) mass is 816 g/mol. The molecule has 0 bridgehead atoms. The number of anilines is 1. The molecular weight excluding hydrogens is 738 g/mol. The van der Waals surface area contributed by atoms with E-state index in [0.717, 1.165) is 37.9 Å². The highest BCUT2D eigenvalue weighted by Gasteiger charge is 2.07. The maximum absolute atomic E-state index is 12.1. The molecule has 0 spiro atoms. The number of carbonyl (C=O) groups is 2. The second-order valence-corrected chi connectivity index (χ2v) is 13.3. The number of benzene rings is 1. The third-order valence-corrected chi connectivity index (χ3v) is 8.39. The summed E-state index contributed by atoms with van der Waals surface area (Å²) >= 11 is 0. The van der Waals surface area contributed by atoms with E-state index in [4.69, 9.17) is 52.1 Å². The molecule has 1 rings (SSSR count). The summed E-state index contributed by atoms with van der Waals surface area (Å²) in [6, 6.07) is 7.29. The molecule has 0 saturated carbocycles. The van der Waals surface area contributed by atoms with Crippen molar-refractivity contribution in [3.63, 3.8) is 0 Å². The van der Waals surface area contributed by atoms with Gasteiger partial charge in [-0.15, -0.1) is 0 Å². The molecule has 0 aliphatic rings. The van der Waals surface area contributed by atoms with Gasteiger partial charge in [-0.2, -0.15) is 0 Å². The van der Waals surface area contributed by atoms with E-state index in [1.54, 1.807) is 12.1 Å². The van der Waals surface area contributed by atoms with Crippen LogP contribution in [0.25, 0.3) is 0 Å². The van der Waals surface area contributed by atoms with Crippen molar-refractivity contribution in [3.8, 4) is 0 Å². The second-order valence-electron chi connectivity index (χ2n) is 13.3. The van der Waals surface area contributed by atoms with Crippen LogP contribution in [0.2, 0.25) is 0 Å². The largest absolute Gasteiger partial charge is 0.463 e. The van der Waals surface area contributed by atoms with E-state index in [1.165, 1.54) is 44.9 Å². The van der Waals surface area contributed by atoms with Gasteiger partial charge in [0.1, 0.15) is 13.2 Å². The SMILES string of the molecule is CCCCCCCCCCCC(=O)OCCOCCOCCOCCOCCOCCOCCOCCOCCOCCOC(=O)c1ccc(NCCCC)cc1. The van der Waals surface area contributed by atoms with Crippen LogP contribution in [0.1, 0.15) is 101 Å². The van der Waals surface area contributed by atoms with Crippen molar-refractivity contribution < 1.29 is 61.7 Å². The quantitative estimate of drug-likeness (QED) is 0.0552. The Labute approximate surface area is 343 Å². The normalized spacial score (nSPS) is 11.3. The lowest BCUT2D eigenvalue weighted by atomic mass is 10.1. The fourth-order valence-electron chi connectivity index (χ4n) is 5.14. The third kappa shape index (κ3) is 37.6. The van der Waals surface area contributed by atoms with Crippen molar-refractivity contribution >= 4 is 17.6 Å². The maximum Gasteiger partial charge on any atom is 0.338 e. The van der Waals surface area contributed by atoms with Crippen LogP contribution in [-0.2, 0) is 56.9 Å². The van der Waals surface area contributed by atoms with Crippen molar-refractivity contribution in [2.75, 3.05) is 144 Å². The molecule has 14 nitrogen and oxygen atoms in total. The molecule has 57 heavy (non-hydrogen) atoms. The summed E-state index contributed by atoms with van der Waals surface area (Å²) in [5.41, 5.74) is 1.51. The van der Waals surface area contributed by atoms with Crippen LogP contribution in [0.5, 0.6) is 0 Å². The smallest absolute Gasteiger partial charge is 0.338 e. The number of rotatable bonds is 45. The molecule has 1 aromatic carbocycles. The molecule has 1 aromatic rings. The standard InChI is InChI=1S/C43H77NO13/c1-3-5-7-8-9-10-11-12-13-14-42(45)56-38-36-54-34-32-52-30-28-50-26-24-48-22-20-47-21-23-49-25-27-51-29-31-53-33-35-55-37-39-57-43(46)40-15-17-41(18-16-40)44-19-6-4-2/h15-18,44H,3-14,19-39H2,1-2H3. The van der Waals surface area contributed by atoms with Crippen molar-refractivity contribution in [1.82, 2.24) is 0 Å². The molecule has 332 valence electrons. The van der Waals surface area contributed by atoms with E-state index in [-0.39, 0.29) is 25.2 Å². The van der Waals surface area contributed by atoms with Gasteiger partial charge in [-0.3, -0.25) is 4.79 Å². The van der Waals surface area contributed by atoms with Gasteiger partial charge in [0.15, 0.2) is 0 Å². The molecule has 0 fully saturated rings. The maximum atomic E-state index is 12.1. The van der Waals surface area contributed by atoms with Crippen LogP contribution in [0.4, 0.5) is 5.69 Å². The molecule has 0 aromatic heterocycles. The Balaban J connectivity index is 1.69. The molecule has 0 aliphatic carbocycles. The summed E-state index contributed by atoms with van der Waals surface area (Å²) in [5, 5.41) is 3.32. The minimum Gasteiger partial charge on any atom is -0.463 e. The summed E-state index contributed by atoms with van der Waals surface area (Å²) in [6.45, 7) is 14.0. The van der Waals surface area contributed by atoms with Crippen LogP contribution in [0, 0.1) is 0 Å². The van der Waals surface area contributed by atoms with Crippen LogP contribution in [0.3, 0.4) is 0 Å². The van der Waals surface area contributed by atoms with Crippen LogP contribution in [0.15, 0.2) is 24.3 Å². The van der Waals surface area contributed by atoms with Crippen molar-refractivity contribution in [1.29, 1.82) is 0 Å². The van der Waals surface area contributed by atoms with Crippen molar-refractivity contribution in [3.05, 3.63) is 29.8 Å². The Kier molecular flexibility index (Phi) is 39.9. The predicted octanol–water partition coefficient (Wildman–Crippen LogP) is 6.67. The summed E-state index contributed by atoms with van der Waals surface area (Å²) < 4.78 is 59.8. The Bertz CT molecular complexity index is 1000. The number of ether oxygens (including phenoxy) is 11. The minimum absolute atomic E-state index is 0.141. The van der Waals surface area contributed by atoms with Gasteiger partial charge in [-0.05, 0) is 37.1 Å². The van der Waals surface area contributed by atoms with Crippen LogP contribution < -0.4 is 5.32 Å². The summed E-state index contributed by atoms with van der Waals surface area (Å²) in [4.78, 5) is 23.9. The van der Waals surface area contributed by atoms with Gasteiger partial charge < -0.3 is 57.4 Å². The summed E-state index contributed by atoms with van der Waals surface area (Å²) in [6.07, 6.45) is 13.8. The zero-order valence-electron chi connectivity index (χ0n) is 35.5. The molecule has 0 heterocycles. The van der Waals surface area contributed by atoms with Gasteiger partial charge in [0.05, 0.1) is 124 Å². The topological polar surface area (TPSA) is 148 Å². The number of hydrogen-bond acceptors (Lipinski definition) is 14. The van der Waals surface area contributed by atoms with Gasteiger partial charge in [0.25, 0.3) is 0 Å². The first-order valence-electron chi connectivity index (χ1n) is 21.5. The number of nitrogens with one attached hydrogen (secondary N) is 1. The molecule has 0 aliphatic heterocycles. The van der Waals surface area contributed by atoms with Gasteiger partial charge in [-0.1, -0.05) is 71.6 Å². The Morgan fingerprint density at radius 3 is 1.12 bits per heavy atom. The lowest BCUT2D eigenvalue weighted by molar-refractivity contribution is -0.145. The van der Waals surface area contributed by atoms with Crippen LogP contribution in [-0.4, -0.2) is 151 Å². The molecule has 0 radical (unpaired) electrons. The molecule has 14 heteroatoms. The van der Waals surface area contributed by atoms with E-state index in [1.807, 2.05) is 12.1 Å². The first-order chi connectivity index (χ1) is 28.2. The van der Waals surface area contributed by atoms with E-state index in [9.17, 15) is 9.59 Å². The first-order valence-corrected chi connectivity index (χ1v) is 21.5. The van der Waals surface area contributed by atoms with E-state index >= 15 is 0 Å². The molecule has 0 unspecified atom stereocenters. The summed E-state index contributed by atoms with van der Waals surface area (Å²) in [5.74, 6) is -0.504. The van der Waals surface area contributed by atoms with Gasteiger partial charge in [-0.25, -0.2) is 4.79 Å². The van der Waals surface area contributed by atoms with Crippen LogP contribution >= 0.6 is 0 Å². The Morgan fingerprint density at radius 2 is 0.737 bits per heavy atom. The summed E-state index contributed by atoms with van der Waals surface area (Å²) in [7, 11) is 0. The zero-order chi connectivity index (χ0) is 41.0. The van der Waals surface area contributed by atoms with Gasteiger partial charge in [0.2, 0.25) is 0 Å². The fourth-order valence-corrected chi connectivity index (χ4v) is 5.14. The number of unbranched alkanes of at least 4 members (excludes halogenated alkanes) is 9. The van der Waals surface area contributed by atoms with Crippen molar-refractivity contribution in [2.45, 2.75) is 90.9 Å². The number of carbonyl (C=O) groups excluding carboxylic acids is 2. The highest BCUT2D eigenvalue weighted by atomic mass is 16.6. The molecule has 0 saturated heterocycles. The van der Waals surface area contributed by atoms with Gasteiger partial charge in [0, 0.05) is 18.7 Å². The second kappa shape index (κ2) is 43.2. The first kappa shape index (κ1) is 52.6. The molecule has 0 amide bonds. The average molecular weight is 816 g/mol. The zero-order valence-corrected chi connectivity index (χ0v) is 35.5. The lowest BCUT2D eigenvalue weighted by Crippen LogP contribution is -2.16. The lowest BCUT2D eigenvalue weighted by Gasteiger charge is -2.09. The fraction of sp³-hybridized carbons (Fsp3) is 0.814. The number of esters is 2. The molecule has 0 atom stereocenters.